The van der Waals surface area contributed by atoms with Gasteiger partial charge in [-0.1, -0.05) is 30.3 Å². The van der Waals surface area contributed by atoms with Crippen molar-refractivity contribution in [2.24, 2.45) is 0 Å². The molecule has 5 rings (SSSR count). The Morgan fingerprint density at radius 2 is 1.70 bits per heavy atom. The number of aromatic nitrogens is 2. The molecule has 0 aliphatic carbocycles. The summed E-state index contributed by atoms with van der Waals surface area (Å²) in [5, 5.41) is 5.21. The number of alkyl halides is 1. The van der Waals surface area contributed by atoms with E-state index in [0.717, 1.165) is 22.2 Å². The molecule has 3 aromatic carbocycles. The monoisotopic (exact) mass is 403 g/mol. The lowest BCUT2D eigenvalue weighted by molar-refractivity contribution is -0.126. The van der Waals surface area contributed by atoms with Crippen molar-refractivity contribution in [3.05, 3.63) is 90.4 Å². The lowest BCUT2D eigenvalue weighted by Crippen LogP contribution is -2.34. The van der Waals surface area contributed by atoms with Crippen LogP contribution < -0.4 is 4.90 Å². The fourth-order valence-electron chi connectivity index (χ4n) is 4.13. The Morgan fingerprint density at radius 1 is 1.00 bits per heavy atom. The summed E-state index contributed by atoms with van der Waals surface area (Å²) in [6.45, 7) is 1.34. The predicted octanol–water partition coefficient (Wildman–Crippen LogP) is 5.37. The molecule has 2 atom stereocenters. The first-order chi connectivity index (χ1) is 14.4. The van der Waals surface area contributed by atoms with E-state index in [4.69, 9.17) is 0 Å². The molecule has 1 aliphatic rings. The van der Waals surface area contributed by atoms with Gasteiger partial charge in [-0.25, -0.2) is 13.5 Å². The van der Waals surface area contributed by atoms with Crippen molar-refractivity contribution in [2.75, 3.05) is 4.90 Å². The normalized spacial score (nSPS) is 21.5. The minimum atomic E-state index is -1.92. The topological polar surface area (TPSA) is 38.1 Å². The molecule has 2 heterocycles. The molecule has 0 saturated carbocycles. The second kappa shape index (κ2) is 6.76. The van der Waals surface area contributed by atoms with Gasteiger partial charge in [0.2, 0.25) is 0 Å². The van der Waals surface area contributed by atoms with Gasteiger partial charge in [-0.15, -0.1) is 0 Å². The first kappa shape index (κ1) is 18.5. The summed E-state index contributed by atoms with van der Waals surface area (Å²) in [6.07, 6.45) is 1.79. The van der Waals surface area contributed by atoms with Crippen LogP contribution in [0.2, 0.25) is 0 Å². The van der Waals surface area contributed by atoms with E-state index in [2.05, 4.69) is 5.10 Å². The molecule has 0 spiro atoms. The second-order valence-electron chi connectivity index (χ2n) is 7.78. The van der Waals surface area contributed by atoms with E-state index in [9.17, 15) is 9.18 Å². The lowest BCUT2D eigenvalue weighted by atomic mass is 9.99. The molecule has 30 heavy (non-hydrogen) atoms. The Labute approximate surface area is 172 Å². The highest BCUT2D eigenvalue weighted by Crippen LogP contribution is 2.44. The maximum absolute atomic E-state index is 15.0. The van der Waals surface area contributed by atoms with Crippen molar-refractivity contribution >= 4 is 22.5 Å². The fraction of sp³-hybridized carbons (Fsp3) is 0.167. The summed E-state index contributed by atoms with van der Waals surface area (Å²) in [5.74, 6) is -0.854. The molecule has 4 nitrogen and oxygen atoms in total. The van der Waals surface area contributed by atoms with Crippen LogP contribution in [-0.4, -0.2) is 21.4 Å². The summed E-state index contributed by atoms with van der Waals surface area (Å²) in [6, 6.07) is 20.7. The quantitative estimate of drug-likeness (QED) is 0.461. The summed E-state index contributed by atoms with van der Waals surface area (Å²) in [4.78, 5) is 14.4. The van der Waals surface area contributed by atoms with Gasteiger partial charge in [0.1, 0.15) is 5.82 Å². The number of carbonyl (C=O) groups excluding carboxylic acids is 1. The van der Waals surface area contributed by atoms with Crippen LogP contribution >= 0.6 is 0 Å². The smallest absolute Gasteiger partial charge is 0.265 e. The minimum absolute atomic E-state index is 0.0999. The van der Waals surface area contributed by atoms with E-state index in [1.54, 1.807) is 34.0 Å². The highest BCUT2D eigenvalue weighted by atomic mass is 19.1. The molecule has 1 amide bonds. The standard InChI is InChI=1S/C24H19F2N3O/c1-24(26)14-22(16-5-3-2-4-6-16)28(23(24)30)20-11-12-21-17(13-20)15-27-29(21)19-9-7-18(25)8-10-19/h2-13,15,22H,14H2,1H3/t22-,24-/m1/s1. The van der Waals surface area contributed by atoms with Gasteiger partial charge >= 0.3 is 0 Å². The third kappa shape index (κ3) is 2.96. The molecule has 6 heteroatoms. The van der Waals surface area contributed by atoms with Gasteiger partial charge in [-0.2, -0.15) is 5.10 Å². The highest BCUT2D eigenvalue weighted by Gasteiger charge is 2.50. The van der Waals surface area contributed by atoms with Crippen LogP contribution in [0.15, 0.2) is 79.0 Å². The summed E-state index contributed by atoms with van der Waals surface area (Å²) < 4.78 is 30.0. The maximum atomic E-state index is 15.0. The largest absolute Gasteiger partial charge is 0.302 e. The number of rotatable bonds is 3. The van der Waals surface area contributed by atoms with Crippen molar-refractivity contribution in [1.29, 1.82) is 0 Å². The average molecular weight is 403 g/mol. The Morgan fingerprint density at radius 3 is 2.43 bits per heavy atom. The first-order valence-corrected chi connectivity index (χ1v) is 9.75. The minimum Gasteiger partial charge on any atom is -0.302 e. The van der Waals surface area contributed by atoms with Crippen LogP contribution in [0.4, 0.5) is 14.5 Å². The number of nitrogens with zero attached hydrogens (tertiary/aromatic N) is 3. The van der Waals surface area contributed by atoms with Crippen LogP contribution in [0.1, 0.15) is 24.9 Å². The average Bonchev–Trinajstić information content (AvgIpc) is 3.27. The number of hydrogen-bond acceptors (Lipinski definition) is 2. The fourth-order valence-corrected chi connectivity index (χ4v) is 4.13. The molecule has 1 saturated heterocycles. The van der Waals surface area contributed by atoms with Gasteiger partial charge in [0.15, 0.2) is 5.67 Å². The highest BCUT2D eigenvalue weighted by molar-refractivity contribution is 6.03. The zero-order valence-corrected chi connectivity index (χ0v) is 16.3. The van der Waals surface area contributed by atoms with E-state index >= 15 is 4.39 Å². The number of anilines is 1. The van der Waals surface area contributed by atoms with Crippen molar-refractivity contribution in [1.82, 2.24) is 9.78 Å². The van der Waals surface area contributed by atoms with Crippen molar-refractivity contribution in [3.8, 4) is 5.69 Å². The number of fused-ring (bicyclic) bond motifs is 1. The zero-order valence-electron chi connectivity index (χ0n) is 16.3. The number of halogens is 2. The van der Waals surface area contributed by atoms with Gasteiger partial charge in [0.25, 0.3) is 5.91 Å². The van der Waals surface area contributed by atoms with Crippen molar-refractivity contribution < 1.29 is 13.6 Å². The lowest BCUT2D eigenvalue weighted by Gasteiger charge is -2.25. The molecule has 0 bridgehead atoms. The van der Waals surface area contributed by atoms with Gasteiger partial charge in [-0.05, 0) is 55.0 Å². The molecule has 0 N–H and O–H groups in total. The Kier molecular flexibility index (Phi) is 4.17. The number of carbonyl (C=O) groups is 1. The third-order valence-corrected chi connectivity index (χ3v) is 5.64. The zero-order chi connectivity index (χ0) is 20.9. The third-order valence-electron chi connectivity index (χ3n) is 5.64. The van der Waals surface area contributed by atoms with Crippen LogP contribution in [-0.2, 0) is 4.79 Å². The van der Waals surface area contributed by atoms with Gasteiger partial charge in [0.05, 0.1) is 23.4 Å². The van der Waals surface area contributed by atoms with Crippen LogP contribution in [0.5, 0.6) is 0 Å². The molecule has 1 aliphatic heterocycles. The Hall–Kier alpha value is -3.54. The molecule has 4 aromatic rings. The van der Waals surface area contributed by atoms with Gasteiger partial charge < -0.3 is 4.90 Å². The second-order valence-corrected chi connectivity index (χ2v) is 7.78. The van der Waals surface area contributed by atoms with Crippen LogP contribution in [0.25, 0.3) is 16.6 Å². The Balaban J connectivity index is 1.58. The molecular weight excluding hydrogens is 384 g/mol. The van der Waals surface area contributed by atoms with E-state index < -0.39 is 11.6 Å². The summed E-state index contributed by atoms with van der Waals surface area (Å²) in [5.41, 5.74) is 1.15. The van der Waals surface area contributed by atoms with Crippen LogP contribution in [0, 0.1) is 5.82 Å². The number of benzene rings is 3. The van der Waals surface area contributed by atoms with Crippen molar-refractivity contribution in [2.45, 2.75) is 25.1 Å². The van der Waals surface area contributed by atoms with Crippen molar-refractivity contribution in [3.63, 3.8) is 0 Å². The summed E-state index contributed by atoms with van der Waals surface area (Å²) in [7, 11) is 0. The molecule has 1 fully saturated rings. The first-order valence-electron chi connectivity index (χ1n) is 9.75. The van der Waals surface area contributed by atoms with E-state index in [-0.39, 0.29) is 18.3 Å². The summed E-state index contributed by atoms with van der Waals surface area (Å²) >= 11 is 0. The maximum Gasteiger partial charge on any atom is 0.265 e. The SMILES string of the molecule is C[C@@]1(F)C[C@H](c2ccccc2)N(c2ccc3c(cnn3-c3ccc(F)cc3)c2)C1=O. The molecule has 1 aromatic heterocycles. The molecule has 0 unspecified atom stereocenters. The van der Waals surface area contributed by atoms with E-state index in [1.165, 1.54) is 19.1 Å². The van der Waals surface area contributed by atoms with Crippen LogP contribution in [0.3, 0.4) is 0 Å². The molecule has 0 radical (unpaired) electrons. The predicted molar refractivity (Wildman–Crippen MR) is 112 cm³/mol. The molecular formula is C24H19F2N3O. The van der Waals surface area contributed by atoms with Gasteiger partial charge in [0, 0.05) is 17.5 Å². The van der Waals surface area contributed by atoms with E-state index in [0.29, 0.717) is 5.69 Å². The van der Waals surface area contributed by atoms with E-state index in [1.807, 2.05) is 42.5 Å². The number of hydrogen-bond donors (Lipinski definition) is 0. The van der Waals surface area contributed by atoms with Gasteiger partial charge in [-0.3, -0.25) is 4.79 Å². The Bertz CT molecular complexity index is 1230. The number of amides is 1. The molecule has 150 valence electrons.